The van der Waals surface area contributed by atoms with Crippen LogP contribution in [0.5, 0.6) is 0 Å². The third kappa shape index (κ3) is 4.47. The highest BCUT2D eigenvalue weighted by Gasteiger charge is 2.25. The number of carbonyl (C=O) groups excluding carboxylic acids is 2. The molecule has 178 valence electrons. The zero-order chi connectivity index (χ0) is 24.4. The lowest BCUT2D eigenvalue weighted by atomic mass is 10.1. The summed E-state index contributed by atoms with van der Waals surface area (Å²) in [6.07, 6.45) is 6.12. The Labute approximate surface area is 205 Å². The zero-order valence-corrected chi connectivity index (χ0v) is 20.1. The molecule has 5 rings (SSSR count). The van der Waals surface area contributed by atoms with E-state index in [4.69, 9.17) is 4.74 Å². The maximum Gasteiger partial charge on any atom is 0.356 e. The summed E-state index contributed by atoms with van der Waals surface area (Å²) < 4.78 is 6.91. The van der Waals surface area contributed by atoms with Crippen LogP contribution in [-0.4, -0.2) is 38.5 Å². The van der Waals surface area contributed by atoms with Crippen LogP contribution in [0.15, 0.2) is 54.3 Å². The molecule has 35 heavy (non-hydrogen) atoms. The fourth-order valence-corrected chi connectivity index (χ4v) is 4.80. The van der Waals surface area contributed by atoms with Gasteiger partial charge in [-0.05, 0) is 24.1 Å². The van der Waals surface area contributed by atoms with Crippen LogP contribution in [0.3, 0.4) is 0 Å². The minimum absolute atomic E-state index is 0.266. The molecule has 0 atom stereocenters. The van der Waals surface area contributed by atoms with Gasteiger partial charge in [-0.1, -0.05) is 18.2 Å². The van der Waals surface area contributed by atoms with Crippen molar-refractivity contribution in [2.45, 2.75) is 26.4 Å². The van der Waals surface area contributed by atoms with Gasteiger partial charge in [-0.15, -0.1) is 11.3 Å². The van der Waals surface area contributed by atoms with Gasteiger partial charge in [0.15, 0.2) is 5.69 Å². The van der Waals surface area contributed by atoms with Crippen molar-refractivity contribution in [3.05, 3.63) is 70.6 Å². The fraction of sp³-hybridized carbons (Fsp3) is 0.200. The van der Waals surface area contributed by atoms with Crippen LogP contribution < -0.4 is 10.6 Å². The van der Waals surface area contributed by atoms with Crippen molar-refractivity contribution in [2.24, 2.45) is 0 Å². The average Bonchev–Trinajstić information content (AvgIpc) is 3.59. The van der Waals surface area contributed by atoms with Crippen LogP contribution in [0.4, 0.5) is 11.4 Å². The average molecular weight is 489 g/mol. The highest BCUT2D eigenvalue weighted by Crippen LogP contribution is 2.33. The number of benzene rings is 1. The Morgan fingerprint density at radius 1 is 1.20 bits per heavy atom. The van der Waals surface area contributed by atoms with Gasteiger partial charge in [0.05, 0.1) is 31.2 Å². The first-order chi connectivity index (χ1) is 17.0. The van der Waals surface area contributed by atoms with Crippen LogP contribution >= 0.6 is 11.3 Å². The van der Waals surface area contributed by atoms with Crippen molar-refractivity contribution in [3.63, 3.8) is 0 Å². The second-order valence-corrected chi connectivity index (χ2v) is 9.01. The molecule has 0 fully saturated rings. The molecule has 0 unspecified atom stereocenters. The summed E-state index contributed by atoms with van der Waals surface area (Å²) >= 11 is 1.56. The number of fused-ring (bicyclic) bond motifs is 2. The van der Waals surface area contributed by atoms with E-state index in [-0.39, 0.29) is 11.6 Å². The number of hydrogen-bond donors (Lipinski definition) is 3. The summed E-state index contributed by atoms with van der Waals surface area (Å²) in [5.41, 5.74) is 4.19. The molecule has 0 aliphatic rings. The number of nitrogens with zero attached hydrogens (tertiary/aromatic N) is 3. The molecule has 10 heteroatoms. The summed E-state index contributed by atoms with van der Waals surface area (Å²) in [4.78, 5) is 37.2. The van der Waals surface area contributed by atoms with Gasteiger partial charge in [-0.25, -0.2) is 14.8 Å². The number of methoxy groups -OCH3 is 1. The molecule has 9 nitrogen and oxygen atoms in total. The van der Waals surface area contributed by atoms with Crippen LogP contribution in [-0.2, 0) is 29.0 Å². The summed E-state index contributed by atoms with van der Waals surface area (Å²) in [5, 5.41) is 10.8. The number of anilines is 2. The molecular formula is C25H24N6O3S. The molecule has 0 bridgehead atoms. The van der Waals surface area contributed by atoms with Crippen LogP contribution in [0.1, 0.15) is 28.0 Å². The van der Waals surface area contributed by atoms with Crippen molar-refractivity contribution in [1.29, 1.82) is 0 Å². The van der Waals surface area contributed by atoms with Crippen LogP contribution in [0.2, 0.25) is 0 Å². The second-order valence-electron chi connectivity index (χ2n) is 8.03. The number of pyridine rings is 1. The number of carbonyl (C=O) groups is 2. The van der Waals surface area contributed by atoms with Gasteiger partial charge < -0.3 is 24.9 Å². The summed E-state index contributed by atoms with van der Waals surface area (Å²) in [5.74, 6) is -0.824. The number of nitrogens with one attached hydrogen (secondary N) is 3. The lowest BCUT2D eigenvalue weighted by molar-refractivity contribution is -0.114. The van der Waals surface area contributed by atoms with Gasteiger partial charge in [0, 0.05) is 47.5 Å². The first kappa shape index (κ1) is 22.6. The number of rotatable bonds is 8. The van der Waals surface area contributed by atoms with Gasteiger partial charge in [-0.2, -0.15) is 0 Å². The molecule has 0 spiro atoms. The van der Waals surface area contributed by atoms with Crippen molar-refractivity contribution in [3.8, 4) is 0 Å². The molecule has 1 aromatic carbocycles. The van der Waals surface area contributed by atoms with Crippen molar-refractivity contribution >= 4 is 56.5 Å². The minimum atomic E-state index is -0.539. The molecule has 0 saturated carbocycles. The first-order valence-corrected chi connectivity index (χ1v) is 12.0. The molecule has 0 saturated heterocycles. The summed E-state index contributed by atoms with van der Waals surface area (Å²) in [6, 6.07) is 9.97. The number of aromatic nitrogens is 4. The molecule has 1 amide bonds. The van der Waals surface area contributed by atoms with E-state index in [1.807, 2.05) is 40.4 Å². The lowest BCUT2D eigenvalue weighted by Crippen LogP contribution is -2.16. The van der Waals surface area contributed by atoms with Gasteiger partial charge in [0.25, 0.3) is 0 Å². The number of aromatic amines is 1. The number of para-hydroxylation sites is 1. The van der Waals surface area contributed by atoms with Crippen molar-refractivity contribution in [2.75, 3.05) is 17.7 Å². The molecule has 0 aliphatic carbocycles. The quantitative estimate of drug-likeness (QED) is 0.276. The predicted molar refractivity (Wildman–Crippen MR) is 137 cm³/mol. The van der Waals surface area contributed by atoms with Crippen LogP contribution in [0, 0.1) is 0 Å². The van der Waals surface area contributed by atoms with E-state index in [1.54, 1.807) is 23.7 Å². The predicted octanol–water partition coefficient (Wildman–Crippen LogP) is 4.57. The zero-order valence-electron chi connectivity index (χ0n) is 19.3. The number of aryl methyl sites for hydroxylation is 2. The second kappa shape index (κ2) is 9.59. The Morgan fingerprint density at radius 2 is 2.06 bits per heavy atom. The lowest BCUT2D eigenvalue weighted by Gasteiger charge is -2.10. The van der Waals surface area contributed by atoms with E-state index in [0.29, 0.717) is 36.2 Å². The Kier molecular flexibility index (Phi) is 6.19. The fourth-order valence-electron chi connectivity index (χ4n) is 4.24. The topological polar surface area (TPSA) is 114 Å². The molecule has 4 aromatic heterocycles. The number of hydrogen-bond acceptors (Lipinski definition) is 7. The Bertz CT molecular complexity index is 1520. The Hall–Kier alpha value is -4.18. The number of esters is 1. The van der Waals surface area contributed by atoms with Gasteiger partial charge in [0.1, 0.15) is 10.7 Å². The van der Waals surface area contributed by atoms with E-state index < -0.39 is 5.97 Å². The SMILES string of the molecule is COC(=O)c1c(NC(C)=O)c2cc(NCc3nccs3)cnc2n1CCc1c[nH]c2ccccc12. The third-order valence-electron chi connectivity index (χ3n) is 5.79. The summed E-state index contributed by atoms with van der Waals surface area (Å²) in [6.45, 7) is 2.43. The molecule has 3 N–H and O–H groups in total. The molecule has 4 heterocycles. The standard InChI is InChI=1S/C25H24N6O3S/c1-15(32)30-22-19-11-17(27-14-21-26-8-10-35-21)13-29-24(19)31(23(22)25(33)34-2)9-7-16-12-28-20-6-4-3-5-18(16)20/h3-6,8,10-13,27-28H,7,9,14H2,1-2H3,(H,30,32). The van der Waals surface area contributed by atoms with Gasteiger partial charge in [-0.3, -0.25) is 4.79 Å². The molecular weight excluding hydrogens is 464 g/mol. The van der Waals surface area contributed by atoms with Gasteiger partial charge in [0.2, 0.25) is 5.91 Å². The first-order valence-electron chi connectivity index (χ1n) is 11.1. The maximum atomic E-state index is 12.9. The highest BCUT2D eigenvalue weighted by molar-refractivity contribution is 7.09. The molecule has 5 aromatic rings. The molecule has 0 aliphatic heterocycles. The number of ether oxygens (including phenoxy) is 1. The Morgan fingerprint density at radius 3 is 2.83 bits per heavy atom. The largest absolute Gasteiger partial charge is 0.464 e. The highest BCUT2D eigenvalue weighted by atomic mass is 32.1. The smallest absolute Gasteiger partial charge is 0.356 e. The summed E-state index contributed by atoms with van der Waals surface area (Å²) in [7, 11) is 1.33. The van der Waals surface area contributed by atoms with E-state index in [1.165, 1.54) is 14.0 Å². The van der Waals surface area contributed by atoms with Gasteiger partial charge >= 0.3 is 5.97 Å². The van der Waals surface area contributed by atoms with Crippen molar-refractivity contribution in [1.82, 2.24) is 19.5 Å². The monoisotopic (exact) mass is 488 g/mol. The molecule has 0 radical (unpaired) electrons. The van der Waals surface area contributed by atoms with Crippen LogP contribution in [0.25, 0.3) is 21.9 Å². The third-order valence-corrected chi connectivity index (χ3v) is 6.56. The number of amides is 1. The number of H-pyrrole nitrogens is 1. The number of thiazole rings is 1. The normalized spacial score (nSPS) is 11.1. The Balaban J connectivity index is 1.56. The maximum absolute atomic E-state index is 12.9. The van der Waals surface area contributed by atoms with E-state index >= 15 is 0 Å². The minimum Gasteiger partial charge on any atom is -0.464 e. The van der Waals surface area contributed by atoms with E-state index in [9.17, 15) is 9.59 Å². The van der Waals surface area contributed by atoms with E-state index in [0.717, 1.165) is 27.2 Å². The van der Waals surface area contributed by atoms with E-state index in [2.05, 4.69) is 31.7 Å². The van der Waals surface area contributed by atoms with Crippen molar-refractivity contribution < 1.29 is 14.3 Å².